The summed E-state index contributed by atoms with van der Waals surface area (Å²) in [5.41, 5.74) is -1.10. The van der Waals surface area contributed by atoms with Crippen molar-refractivity contribution in [2.24, 2.45) is 10.4 Å². The molecule has 0 radical (unpaired) electrons. The van der Waals surface area contributed by atoms with Crippen molar-refractivity contribution < 1.29 is 44.3 Å². The molecular weight excluding hydrogens is 267 g/mol. The Balaban J connectivity index is 0.00000361. The van der Waals surface area contributed by atoms with Gasteiger partial charge in [-0.1, -0.05) is 52.4 Å². The molecule has 1 N–H and O–H groups in total. The molecule has 0 aromatic rings. The quantitative estimate of drug-likeness (QED) is 0.336. The van der Waals surface area contributed by atoms with Gasteiger partial charge in [-0.25, -0.2) is 4.99 Å². The Morgan fingerprint density at radius 2 is 1.70 bits per heavy atom. The molecule has 20 heavy (non-hydrogen) atoms. The third-order valence-corrected chi connectivity index (χ3v) is 3.65. The number of hydrogen-bond donors (Lipinski definition) is 1. The molecule has 0 aromatic heterocycles. The summed E-state index contributed by atoms with van der Waals surface area (Å²) in [7, 11) is 0. The molecule has 1 unspecified atom stereocenters. The second-order valence-corrected chi connectivity index (χ2v) is 5.17. The molecule has 0 aliphatic carbocycles. The van der Waals surface area contributed by atoms with Crippen LogP contribution in [0.4, 0.5) is 0 Å². The first-order valence-corrected chi connectivity index (χ1v) is 7.18. The topological polar surface area (TPSA) is 81.6 Å². The molecule has 0 bridgehead atoms. The van der Waals surface area contributed by atoms with Crippen molar-refractivity contribution in [2.75, 3.05) is 0 Å². The van der Waals surface area contributed by atoms with Gasteiger partial charge in [0.25, 0.3) is 5.91 Å². The molecule has 2 amide bonds. The van der Waals surface area contributed by atoms with Gasteiger partial charge in [0.2, 0.25) is 5.91 Å². The number of aliphatic imine (C=N–C) groups is 1. The first-order chi connectivity index (χ1) is 9.06. The fourth-order valence-electron chi connectivity index (χ4n) is 2.56. The van der Waals surface area contributed by atoms with Gasteiger partial charge in [0.15, 0.2) is 0 Å². The summed E-state index contributed by atoms with van der Waals surface area (Å²) in [4.78, 5) is 27.4. The van der Waals surface area contributed by atoms with Crippen LogP contribution in [0.1, 0.15) is 65.2 Å². The summed E-state index contributed by atoms with van der Waals surface area (Å²) in [5.74, 6) is -1.02. The van der Waals surface area contributed by atoms with Gasteiger partial charge in [-0.2, -0.15) is 0 Å². The molecular formula is C14H23N2NaO3. The molecule has 0 spiro atoms. The van der Waals surface area contributed by atoms with Gasteiger partial charge in [-0.15, -0.1) is 0 Å². The van der Waals surface area contributed by atoms with Crippen molar-refractivity contribution in [3.63, 3.8) is 0 Å². The van der Waals surface area contributed by atoms with Crippen LogP contribution in [0.3, 0.4) is 0 Å². The average molecular weight is 290 g/mol. The molecule has 5 nitrogen and oxygen atoms in total. The van der Waals surface area contributed by atoms with Crippen molar-refractivity contribution in [3.8, 4) is 0 Å². The largest absolute Gasteiger partial charge is 1.00 e. The predicted molar refractivity (Wildman–Crippen MR) is 71.3 cm³/mol. The van der Waals surface area contributed by atoms with E-state index in [-0.39, 0.29) is 29.6 Å². The number of carbonyl (C=O) groups is 2. The maximum atomic E-state index is 12.0. The zero-order valence-corrected chi connectivity index (χ0v) is 14.8. The predicted octanol–water partition coefficient (Wildman–Crippen LogP) is -1.49. The van der Waals surface area contributed by atoms with Gasteiger partial charge in [0.1, 0.15) is 5.41 Å². The van der Waals surface area contributed by atoms with E-state index in [0.29, 0.717) is 12.8 Å². The van der Waals surface area contributed by atoms with E-state index in [1.807, 2.05) is 6.92 Å². The van der Waals surface area contributed by atoms with Crippen LogP contribution >= 0.6 is 0 Å². The average Bonchev–Trinajstić information content (AvgIpc) is 2.35. The first kappa shape index (κ1) is 19.6. The summed E-state index contributed by atoms with van der Waals surface area (Å²) in [6.45, 7) is 4.07. The molecule has 1 aliphatic heterocycles. The van der Waals surface area contributed by atoms with E-state index >= 15 is 0 Å². The zero-order valence-electron chi connectivity index (χ0n) is 12.8. The van der Waals surface area contributed by atoms with Crippen LogP contribution in [0.2, 0.25) is 0 Å². The zero-order chi connectivity index (χ0) is 14.3. The summed E-state index contributed by atoms with van der Waals surface area (Å²) in [6.07, 6.45) is 6.94. The van der Waals surface area contributed by atoms with Crippen LogP contribution in [0.15, 0.2) is 4.99 Å². The van der Waals surface area contributed by atoms with Crippen molar-refractivity contribution in [2.45, 2.75) is 65.2 Å². The maximum absolute atomic E-state index is 12.0. The van der Waals surface area contributed by atoms with Crippen molar-refractivity contribution >= 4 is 17.8 Å². The summed E-state index contributed by atoms with van der Waals surface area (Å²) >= 11 is 0. The van der Waals surface area contributed by atoms with Crippen LogP contribution in [-0.2, 0) is 9.59 Å². The van der Waals surface area contributed by atoms with Gasteiger partial charge < -0.3 is 10.4 Å². The number of nitrogens with one attached hydrogen (secondary N) is 1. The second-order valence-electron chi connectivity index (χ2n) is 5.17. The second kappa shape index (κ2) is 9.53. The Kier molecular flexibility index (Phi) is 9.34. The third kappa shape index (κ3) is 4.86. The smallest absolute Gasteiger partial charge is 0.846 e. The number of rotatable bonds is 8. The Labute approximate surface area is 142 Å². The van der Waals surface area contributed by atoms with Crippen molar-refractivity contribution in [1.29, 1.82) is 0 Å². The van der Waals surface area contributed by atoms with Gasteiger partial charge in [0.05, 0.1) is 6.02 Å². The van der Waals surface area contributed by atoms with Gasteiger partial charge >= 0.3 is 29.6 Å². The fourth-order valence-corrected chi connectivity index (χ4v) is 2.56. The van der Waals surface area contributed by atoms with Crippen LogP contribution in [0.5, 0.6) is 0 Å². The molecule has 0 fully saturated rings. The SMILES string of the molecule is CCCCCCCC1(CCC)C(=O)N=C([O-])NC1=O.[Na+]. The Bertz CT molecular complexity index is 371. The van der Waals surface area contributed by atoms with Crippen LogP contribution in [0, 0.1) is 5.41 Å². The standard InChI is InChI=1S/C14H24N2O3.Na/c1-3-5-6-7-8-10-14(9-4-2)11(17)15-13(19)16-12(14)18;/h3-10H2,1-2H3,(H2,15,16,17,18,19);/q;+1/p-1. The summed E-state index contributed by atoms with van der Waals surface area (Å²) < 4.78 is 0. The minimum Gasteiger partial charge on any atom is -0.846 e. The minimum absolute atomic E-state index is 0. The van der Waals surface area contributed by atoms with Crippen molar-refractivity contribution in [1.82, 2.24) is 5.32 Å². The monoisotopic (exact) mass is 290 g/mol. The van der Waals surface area contributed by atoms with E-state index in [9.17, 15) is 14.7 Å². The van der Waals surface area contributed by atoms with Gasteiger partial charge in [-0.05, 0) is 12.8 Å². The number of amidine groups is 1. The molecule has 0 aromatic carbocycles. The number of unbranched alkanes of at least 4 members (excludes halogenated alkanes) is 4. The van der Waals surface area contributed by atoms with Gasteiger partial charge in [0, 0.05) is 0 Å². The molecule has 0 saturated heterocycles. The Hall–Kier alpha value is -0.390. The van der Waals surface area contributed by atoms with Crippen LogP contribution < -0.4 is 40.0 Å². The fraction of sp³-hybridized carbons (Fsp3) is 0.786. The van der Waals surface area contributed by atoms with Crippen LogP contribution in [0.25, 0.3) is 0 Å². The van der Waals surface area contributed by atoms with Crippen LogP contribution in [-0.4, -0.2) is 17.8 Å². The maximum Gasteiger partial charge on any atom is 1.00 e. The molecule has 108 valence electrons. The number of nitrogens with zero attached hydrogens (tertiary/aromatic N) is 1. The van der Waals surface area contributed by atoms with Crippen molar-refractivity contribution in [3.05, 3.63) is 0 Å². The molecule has 1 rings (SSSR count). The third-order valence-electron chi connectivity index (χ3n) is 3.65. The van der Waals surface area contributed by atoms with E-state index in [2.05, 4.69) is 17.2 Å². The molecule has 6 heteroatoms. The Morgan fingerprint density at radius 1 is 1.05 bits per heavy atom. The summed E-state index contributed by atoms with van der Waals surface area (Å²) in [6, 6.07) is -0.826. The number of amides is 2. The normalized spacial score (nSPS) is 22.0. The van der Waals surface area contributed by atoms with E-state index in [0.717, 1.165) is 32.1 Å². The summed E-state index contributed by atoms with van der Waals surface area (Å²) in [5, 5.41) is 13.2. The van der Waals surface area contributed by atoms with E-state index in [1.54, 1.807) is 0 Å². The minimum atomic E-state index is -1.10. The Morgan fingerprint density at radius 3 is 2.25 bits per heavy atom. The molecule has 0 saturated carbocycles. The first-order valence-electron chi connectivity index (χ1n) is 7.18. The number of hydrogen-bond acceptors (Lipinski definition) is 3. The van der Waals surface area contributed by atoms with E-state index in [4.69, 9.17) is 0 Å². The molecule has 1 aliphatic rings. The van der Waals surface area contributed by atoms with E-state index in [1.165, 1.54) is 6.42 Å². The molecule has 1 heterocycles. The number of carbonyl (C=O) groups excluding carboxylic acids is 2. The molecule has 1 atom stereocenters. The van der Waals surface area contributed by atoms with E-state index < -0.39 is 23.3 Å². The van der Waals surface area contributed by atoms with Gasteiger partial charge in [-0.3, -0.25) is 9.59 Å².